The Balaban J connectivity index is 1.74. The molecule has 3 rings (SSSR count). The lowest BCUT2D eigenvalue weighted by atomic mass is 10.1. The van der Waals surface area contributed by atoms with E-state index in [0.29, 0.717) is 18.6 Å². The summed E-state index contributed by atoms with van der Waals surface area (Å²) in [6, 6.07) is 5.02. The normalized spacial score (nSPS) is 27.4. The van der Waals surface area contributed by atoms with Crippen LogP contribution in [0.25, 0.3) is 0 Å². The highest BCUT2D eigenvalue weighted by atomic mass is 16.4. The highest BCUT2D eigenvalue weighted by Crippen LogP contribution is 2.29. The quantitative estimate of drug-likeness (QED) is 0.905. The molecule has 0 radical (unpaired) electrons. The van der Waals surface area contributed by atoms with Crippen LogP contribution in [0.15, 0.2) is 18.3 Å². The summed E-state index contributed by atoms with van der Waals surface area (Å²) in [6.45, 7) is 2.76. The number of pyridine rings is 1. The molecule has 108 valence electrons. The van der Waals surface area contributed by atoms with Crippen LogP contribution in [0, 0.1) is 0 Å². The van der Waals surface area contributed by atoms with Gasteiger partial charge in [0.2, 0.25) is 0 Å². The summed E-state index contributed by atoms with van der Waals surface area (Å²) in [5, 5.41) is 9.21. The molecule has 3 heterocycles. The predicted molar refractivity (Wildman–Crippen MR) is 75.7 cm³/mol. The SMILES string of the molecule is CN1C2CCC1CN(Cc1cccnc1C(=O)O)CC2. The van der Waals surface area contributed by atoms with Crippen molar-refractivity contribution in [2.24, 2.45) is 0 Å². The Labute approximate surface area is 119 Å². The van der Waals surface area contributed by atoms with Crippen molar-refractivity contribution in [3.05, 3.63) is 29.6 Å². The zero-order valence-corrected chi connectivity index (χ0v) is 11.8. The van der Waals surface area contributed by atoms with E-state index >= 15 is 0 Å². The van der Waals surface area contributed by atoms with Gasteiger partial charge in [0.25, 0.3) is 0 Å². The van der Waals surface area contributed by atoms with E-state index in [4.69, 9.17) is 0 Å². The van der Waals surface area contributed by atoms with E-state index in [9.17, 15) is 9.90 Å². The summed E-state index contributed by atoms with van der Waals surface area (Å²) in [7, 11) is 2.22. The highest BCUT2D eigenvalue weighted by Gasteiger charge is 2.34. The molecule has 2 unspecified atom stereocenters. The standard InChI is InChI=1S/C15H21N3O2/c1-17-12-4-5-13(17)10-18(8-6-12)9-11-3-2-7-16-14(11)15(19)20/h2-3,7,12-13H,4-6,8-10H2,1H3,(H,19,20). The minimum Gasteiger partial charge on any atom is -0.477 e. The maximum atomic E-state index is 11.2. The number of hydrogen-bond acceptors (Lipinski definition) is 4. The van der Waals surface area contributed by atoms with Crippen molar-refractivity contribution in [1.82, 2.24) is 14.8 Å². The average molecular weight is 275 g/mol. The number of carboxylic acid groups (broad SMARTS) is 1. The largest absolute Gasteiger partial charge is 0.477 e. The number of rotatable bonds is 3. The third kappa shape index (κ3) is 2.55. The third-order valence-corrected chi connectivity index (χ3v) is 4.72. The zero-order valence-electron chi connectivity index (χ0n) is 11.8. The van der Waals surface area contributed by atoms with Gasteiger partial charge in [-0.25, -0.2) is 9.78 Å². The van der Waals surface area contributed by atoms with E-state index in [-0.39, 0.29) is 5.69 Å². The Morgan fingerprint density at radius 3 is 3.00 bits per heavy atom. The fourth-order valence-corrected chi connectivity index (χ4v) is 3.52. The molecule has 0 spiro atoms. The van der Waals surface area contributed by atoms with Crippen molar-refractivity contribution in [2.45, 2.75) is 37.9 Å². The minimum absolute atomic E-state index is 0.190. The summed E-state index contributed by atoms with van der Waals surface area (Å²) in [5.74, 6) is -0.936. The lowest BCUT2D eigenvalue weighted by Gasteiger charge is -2.25. The first-order chi connectivity index (χ1) is 9.65. The highest BCUT2D eigenvalue weighted by molar-refractivity contribution is 5.86. The molecule has 2 fully saturated rings. The molecule has 0 amide bonds. The van der Waals surface area contributed by atoms with Crippen molar-refractivity contribution >= 4 is 5.97 Å². The van der Waals surface area contributed by atoms with E-state index in [0.717, 1.165) is 18.7 Å². The van der Waals surface area contributed by atoms with Crippen LogP contribution in [0.5, 0.6) is 0 Å². The molecule has 2 aliphatic rings. The van der Waals surface area contributed by atoms with E-state index in [1.165, 1.54) is 19.3 Å². The summed E-state index contributed by atoms with van der Waals surface area (Å²) in [5.41, 5.74) is 1.01. The third-order valence-electron chi connectivity index (χ3n) is 4.72. The van der Waals surface area contributed by atoms with E-state index in [1.807, 2.05) is 12.1 Å². The van der Waals surface area contributed by atoms with Gasteiger partial charge in [-0.05, 0) is 37.9 Å². The number of carboxylic acids is 1. The summed E-state index contributed by atoms with van der Waals surface area (Å²) in [6.07, 6.45) is 5.29. The van der Waals surface area contributed by atoms with Gasteiger partial charge in [0.1, 0.15) is 0 Å². The van der Waals surface area contributed by atoms with Gasteiger partial charge >= 0.3 is 5.97 Å². The molecule has 2 aliphatic heterocycles. The molecule has 5 nitrogen and oxygen atoms in total. The number of fused-ring (bicyclic) bond motifs is 2. The first-order valence-electron chi connectivity index (χ1n) is 7.26. The van der Waals surface area contributed by atoms with Gasteiger partial charge in [-0.3, -0.25) is 9.80 Å². The molecule has 0 aliphatic carbocycles. The first-order valence-corrected chi connectivity index (χ1v) is 7.26. The van der Waals surface area contributed by atoms with E-state index in [2.05, 4.69) is 21.8 Å². The topological polar surface area (TPSA) is 56.7 Å². The molecule has 1 aromatic rings. The second kappa shape index (κ2) is 5.50. The Hall–Kier alpha value is -1.46. The Bertz CT molecular complexity index is 506. The van der Waals surface area contributed by atoms with Crippen LogP contribution in [0.2, 0.25) is 0 Å². The monoisotopic (exact) mass is 275 g/mol. The number of hydrogen-bond donors (Lipinski definition) is 1. The van der Waals surface area contributed by atoms with Gasteiger partial charge in [-0.15, -0.1) is 0 Å². The summed E-state index contributed by atoms with van der Waals surface area (Å²) >= 11 is 0. The predicted octanol–water partition coefficient (Wildman–Crippen LogP) is 1.45. The van der Waals surface area contributed by atoms with Crippen LogP contribution in [0.4, 0.5) is 0 Å². The zero-order chi connectivity index (χ0) is 14.1. The van der Waals surface area contributed by atoms with Gasteiger partial charge in [-0.1, -0.05) is 6.07 Å². The number of carbonyl (C=O) groups is 1. The summed E-state index contributed by atoms with van der Waals surface area (Å²) < 4.78 is 0. The molecular weight excluding hydrogens is 254 g/mol. The number of likely N-dealkylation sites (N-methyl/N-ethyl adjacent to an activating group) is 1. The van der Waals surface area contributed by atoms with Gasteiger partial charge in [0, 0.05) is 37.9 Å². The average Bonchev–Trinajstić information content (AvgIpc) is 2.67. The minimum atomic E-state index is -0.936. The molecule has 5 heteroatoms. The van der Waals surface area contributed by atoms with Crippen LogP contribution in [0.3, 0.4) is 0 Å². The Morgan fingerprint density at radius 1 is 1.40 bits per heavy atom. The van der Waals surface area contributed by atoms with Crippen LogP contribution in [0.1, 0.15) is 35.3 Å². The van der Waals surface area contributed by atoms with Gasteiger partial charge in [-0.2, -0.15) is 0 Å². The van der Waals surface area contributed by atoms with E-state index < -0.39 is 5.97 Å². The van der Waals surface area contributed by atoms with Crippen molar-refractivity contribution in [3.8, 4) is 0 Å². The molecule has 2 saturated heterocycles. The van der Waals surface area contributed by atoms with Crippen molar-refractivity contribution in [2.75, 3.05) is 20.1 Å². The molecule has 2 bridgehead atoms. The smallest absolute Gasteiger partial charge is 0.354 e. The van der Waals surface area contributed by atoms with Crippen molar-refractivity contribution < 1.29 is 9.90 Å². The number of aromatic carboxylic acids is 1. The van der Waals surface area contributed by atoms with E-state index in [1.54, 1.807) is 6.20 Å². The van der Waals surface area contributed by atoms with Crippen LogP contribution in [-0.4, -0.2) is 58.1 Å². The Kier molecular flexibility index (Phi) is 3.72. The van der Waals surface area contributed by atoms with Crippen LogP contribution < -0.4 is 0 Å². The number of nitrogens with zero attached hydrogens (tertiary/aromatic N) is 3. The van der Waals surface area contributed by atoms with Crippen LogP contribution >= 0.6 is 0 Å². The van der Waals surface area contributed by atoms with Gasteiger partial charge < -0.3 is 5.11 Å². The molecular formula is C15H21N3O2. The molecule has 0 aromatic carbocycles. The first kappa shape index (κ1) is 13.5. The summed E-state index contributed by atoms with van der Waals surface area (Å²) in [4.78, 5) is 20.1. The van der Waals surface area contributed by atoms with Gasteiger partial charge in [0.05, 0.1) is 0 Å². The Morgan fingerprint density at radius 2 is 2.20 bits per heavy atom. The maximum Gasteiger partial charge on any atom is 0.354 e. The van der Waals surface area contributed by atoms with Gasteiger partial charge in [0.15, 0.2) is 5.69 Å². The fourth-order valence-electron chi connectivity index (χ4n) is 3.52. The lowest BCUT2D eigenvalue weighted by Crippen LogP contribution is -2.36. The van der Waals surface area contributed by atoms with Crippen LogP contribution in [-0.2, 0) is 6.54 Å². The molecule has 20 heavy (non-hydrogen) atoms. The number of aromatic nitrogens is 1. The molecule has 0 saturated carbocycles. The number of likely N-dealkylation sites (tertiary alicyclic amines) is 1. The molecule has 1 aromatic heterocycles. The molecule has 2 atom stereocenters. The maximum absolute atomic E-state index is 11.2. The second-order valence-electron chi connectivity index (χ2n) is 5.89. The van der Waals surface area contributed by atoms with Crippen molar-refractivity contribution in [3.63, 3.8) is 0 Å². The lowest BCUT2D eigenvalue weighted by molar-refractivity contribution is 0.0687. The molecule has 1 N–H and O–H groups in total. The second-order valence-corrected chi connectivity index (χ2v) is 5.89. The van der Waals surface area contributed by atoms with Crippen molar-refractivity contribution in [1.29, 1.82) is 0 Å². The fraction of sp³-hybridized carbons (Fsp3) is 0.600.